The number of nitrogens with one attached hydrogen (secondary N) is 1. The van der Waals surface area contributed by atoms with Crippen LogP contribution in [0.1, 0.15) is 45.4 Å². The number of sulfonamides is 1. The van der Waals surface area contributed by atoms with Crippen LogP contribution in [-0.2, 0) is 10.0 Å². The SMILES string of the molecule is C[C@@H]1CCCN(C2CCCC3(C2)CN(c2cc(Cl)c(S(=O)(=O)Nc4cccc(F)n4)c(F)c2Cl)C3)C1. The van der Waals surface area contributed by atoms with Gasteiger partial charge in [0.25, 0.3) is 10.0 Å². The fraction of sp³-hybridized carbons (Fsp3) is 0.560. The number of aromatic nitrogens is 1. The molecule has 1 saturated carbocycles. The lowest BCUT2D eigenvalue weighted by molar-refractivity contribution is 0.0330. The molecule has 1 aliphatic carbocycles. The first kappa shape index (κ1) is 25.9. The number of halogens is 4. The Morgan fingerprint density at radius 3 is 2.67 bits per heavy atom. The first-order valence-corrected chi connectivity index (χ1v) is 14.6. The van der Waals surface area contributed by atoms with Crippen molar-refractivity contribution in [2.75, 3.05) is 35.8 Å². The summed E-state index contributed by atoms with van der Waals surface area (Å²) in [6.45, 7) is 6.12. The minimum atomic E-state index is -4.49. The highest BCUT2D eigenvalue weighted by molar-refractivity contribution is 7.92. The highest BCUT2D eigenvalue weighted by Gasteiger charge is 2.48. The zero-order chi connectivity index (χ0) is 25.7. The van der Waals surface area contributed by atoms with Crippen LogP contribution in [0.5, 0.6) is 0 Å². The van der Waals surface area contributed by atoms with Crippen LogP contribution in [-0.4, -0.2) is 50.5 Å². The van der Waals surface area contributed by atoms with Gasteiger partial charge in [0.05, 0.1) is 10.7 Å². The first-order chi connectivity index (χ1) is 17.1. The lowest BCUT2D eigenvalue weighted by Gasteiger charge is -2.56. The average molecular weight is 560 g/mol. The van der Waals surface area contributed by atoms with Crippen molar-refractivity contribution < 1.29 is 17.2 Å². The second-order valence-corrected chi connectivity index (χ2v) is 13.0. The van der Waals surface area contributed by atoms with Crippen molar-refractivity contribution in [2.24, 2.45) is 11.3 Å². The molecule has 2 aliphatic heterocycles. The number of piperidine rings is 1. The highest BCUT2D eigenvalue weighted by Crippen LogP contribution is 2.49. The van der Waals surface area contributed by atoms with E-state index in [4.69, 9.17) is 23.2 Å². The number of hydrogen-bond donors (Lipinski definition) is 1. The predicted octanol–water partition coefficient (Wildman–Crippen LogP) is 5.95. The smallest absolute Gasteiger partial charge is 0.267 e. The first-order valence-electron chi connectivity index (χ1n) is 12.4. The molecule has 1 spiro atoms. The zero-order valence-electron chi connectivity index (χ0n) is 20.1. The topological polar surface area (TPSA) is 65.5 Å². The van der Waals surface area contributed by atoms with Crippen LogP contribution in [0.3, 0.4) is 0 Å². The van der Waals surface area contributed by atoms with Gasteiger partial charge in [-0.15, -0.1) is 0 Å². The van der Waals surface area contributed by atoms with Crippen LogP contribution < -0.4 is 9.62 Å². The summed E-state index contributed by atoms with van der Waals surface area (Å²) in [7, 11) is -4.49. The summed E-state index contributed by atoms with van der Waals surface area (Å²) in [6, 6.07) is 5.59. The number of nitrogens with zero attached hydrogens (tertiary/aromatic N) is 3. The summed E-state index contributed by atoms with van der Waals surface area (Å²) in [4.78, 5) is 7.31. The summed E-state index contributed by atoms with van der Waals surface area (Å²) in [5.41, 5.74) is 0.548. The Morgan fingerprint density at radius 2 is 1.94 bits per heavy atom. The summed E-state index contributed by atoms with van der Waals surface area (Å²) in [6.07, 6.45) is 7.17. The molecular formula is C25H30Cl2F2N4O2S. The van der Waals surface area contributed by atoms with Crippen LogP contribution in [0.15, 0.2) is 29.2 Å². The van der Waals surface area contributed by atoms with Crippen molar-refractivity contribution in [1.29, 1.82) is 0 Å². The van der Waals surface area contributed by atoms with Gasteiger partial charge >= 0.3 is 0 Å². The minimum Gasteiger partial charge on any atom is -0.369 e. The second-order valence-electron chi connectivity index (χ2n) is 10.6. The van der Waals surface area contributed by atoms with Gasteiger partial charge in [-0.05, 0) is 62.8 Å². The van der Waals surface area contributed by atoms with Crippen molar-refractivity contribution in [3.05, 3.63) is 46.1 Å². The Bertz CT molecular complexity index is 1260. The Kier molecular flexibility index (Phi) is 7.13. The highest BCUT2D eigenvalue weighted by atomic mass is 35.5. The maximum absolute atomic E-state index is 15.3. The number of rotatable bonds is 5. The van der Waals surface area contributed by atoms with Crippen molar-refractivity contribution in [1.82, 2.24) is 9.88 Å². The lowest BCUT2D eigenvalue weighted by Crippen LogP contribution is -2.61. The van der Waals surface area contributed by atoms with E-state index in [9.17, 15) is 12.8 Å². The third-order valence-corrected chi connectivity index (χ3v) is 10.0. The summed E-state index contributed by atoms with van der Waals surface area (Å²) in [5, 5.41) is -0.584. The molecule has 3 heterocycles. The number of anilines is 2. The Morgan fingerprint density at radius 1 is 1.17 bits per heavy atom. The van der Waals surface area contributed by atoms with Gasteiger partial charge in [0.1, 0.15) is 15.7 Å². The Labute approximate surface area is 221 Å². The molecule has 2 saturated heterocycles. The molecule has 3 aliphatic rings. The molecule has 1 aromatic heterocycles. The Hall–Kier alpha value is -1.68. The molecule has 11 heteroatoms. The second kappa shape index (κ2) is 9.89. The number of benzene rings is 1. The molecular weight excluding hydrogens is 529 g/mol. The van der Waals surface area contributed by atoms with E-state index in [0.29, 0.717) is 11.7 Å². The van der Waals surface area contributed by atoms with Gasteiger partial charge < -0.3 is 9.80 Å². The summed E-state index contributed by atoms with van der Waals surface area (Å²) in [5.74, 6) is -1.56. The Balaban J connectivity index is 1.32. The minimum absolute atomic E-state index is 0.158. The van der Waals surface area contributed by atoms with E-state index < -0.39 is 26.7 Å². The molecule has 0 amide bonds. The zero-order valence-corrected chi connectivity index (χ0v) is 22.4. The molecule has 1 N–H and O–H groups in total. The predicted molar refractivity (Wildman–Crippen MR) is 138 cm³/mol. The van der Waals surface area contributed by atoms with Crippen molar-refractivity contribution in [3.8, 4) is 0 Å². The maximum atomic E-state index is 15.3. The molecule has 5 rings (SSSR count). The van der Waals surface area contributed by atoms with E-state index in [0.717, 1.165) is 51.0 Å². The molecule has 1 unspecified atom stereocenters. The molecule has 0 radical (unpaired) electrons. The van der Waals surface area contributed by atoms with E-state index in [1.54, 1.807) is 0 Å². The quantitative estimate of drug-likeness (QED) is 0.363. The van der Waals surface area contributed by atoms with Gasteiger partial charge in [-0.3, -0.25) is 4.72 Å². The molecule has 2 atom stereocenters. The van der Waals surface area contributed by atoms with Crippen LogP contribution in [0, 0.1) is 23.1 Å². The maximum Gasteiger partial charge on any atom is 0.267 e. The molecule has 36 heavy (non-hydrogen) atoms. The monoisotopic (exact) mass is 558 g/mol. The summed E-state index contributed by atoms with van der Waals surface area (Å²) >= 11 is 12.6. The van der Waals surface area contributed by atoms with E-state index in [1.165, 1.54) is 43.9 Å². The molecule has 196 valence electrons. The molecule has 2 aromatic rings. The van der Waals surface area contributed by atoms with Gasteiger partial charge in [0.15, 0.2) is 5.82 Å². The van der Waals surface area contributed by atoms with E-state index in [2.05, 4.69) is 21.5 Å². The lowest BCUT2D eigenvalue weighted by atomic mass is 9.66. The summed E-state index contributed by atoms with van der Waals surface area (Å²) < 4.78 is 56.5. The van der Waals surface area contributed by atoms with Crippen LogP contribution in [0.4, 0.5) is 20.3 Å². The van der Waals surface area contributed by atoms with Crippen molar-refractivity contribution in [3.63, 3.8) is 0 Å². The van der Waals surface area contributed by atoms with E-state index in [-0.39, 0.29) is 21.3 Å². The number of likely N-dealkylation sites (tertiary alicyclic amines) is 1. The van der Waals surface area contributed by atoms with Gasteiger partial charge in [0.2, 0.25) is 5.95 Å². The fourth-order valence-corrected chi connectivity index (χ4v) is 8.16. The van der Waals surface area contributed by atoms with Gasteiger partial charge in [-0.25, -0.2) is 17.8 Å². The van der Waals surface area contributed by atoms with Gasteiger partial charge in [-0.1, -0.05) is 42.6 Å². The van der Waals surface area contributed by atoms with E-state index >= 15 is 4.39 Å². The average Bonchev–Trinajstić information content (AvgIpc) is 2.79. The van der Waals surface area contributed by atoms with Gasteiger partial charge in [-0.2, -0.15) is 4.39 Å². The van der Waals surface area contributed by atoms with Crippen LogP contribution >= 0.6 is 23.2 Å². The molecule has 3 fully saturated rings. The fourth-order valence-electron chi connectivity index (χ4n) is 6.20. The standard InChI is InChI=1S/C25H30Cl2F2N4O2S/c1-16-5-4-10-32(13-16)17-6-3-9-25(12-17)14-33(15-25)19-11-18(26)24(23(29)22(19)27)36(34,35)31-21-8-2-7-20(28)30-21/h2,7-8,11,16-17H,3-6,9-10,12-15H2,1H3,(H,30,31)/t16-,17?/m1/s1. The third-order valence-electron chi connectivity index (χ3n) is 7.83. The third kappa shape index (κ3) is 5.04. The number of pyridine rings is 1. The van der Waals surface area contributed by atoms with E-state index in [1.807, 2.05) is 4.90 Å². The van der Waals surface area contributed by atoms with Crippen molar-refractivity contribution in [2.45, 2.75) is 56.4 Å². The molecule has 1 aromatic carbocycles. The molecule has 0 bridgehead atoms. The normalized spacial score (nSPS) is 24.5. The van der Waals surface area contributed by atoms with Gasteiger partial charge in [0, 0.05) is 31.1 Å². The van der Waals surface area contributed by atoms with Crippen LogP contribution in [0.25, 0.3) is 0 Å². The largest absolute Gasteiger partial charge is 0.369 e. The molecule has 6 nitrogen and oxygen atoms in total. The van der Waals surface area contributed by atoms with Crippen molar-refractivity contribution >= 4 is 44.7 Å². The number of hydrogen-bond acceptors (Lipinski definition) is 5. The van der Waals surface area contributed by atoms with Crippen LogP contribution in [0.2, 0.25) is 10.0 Å².